The lowest BCUT2D eigenvalue weighted by molar-refractivity contribution is -0.120. The van der Waals surface area contributed by atoms with Crippen molar-refractivity contribution >= 4 is 5.91 Å². The van der Waals surface area contributed by atoms with E-state index in [1.807, 2.05) is 30.3 Å². The summed E-state index contributed by atoms with van der Waals surface area (Å²) in [6.45, 7) is 5.79. The molecule has 4 nitrogen and oxygen atoms in total. The van der Waals surface area contributed by atoms with Crippen molar-refractivity contribution < 1.29 is 4.79 Å². The summed E-state index contributed by atoms with van der Waals surface area (Å²) in [5, 5.41) is 14.6. The number of carbonyl (C=O) groups is 1. The second-order valence-corrected chi connectivity index (χ2v) is 5.69. The Bertz CT molecular complexity index is 449. The SMILES string of the molecule is CC(C)(CCC#N)CNCC(=O)NCc1ccccc1. The summed E-state index contributed by atoms with van der Waals surface area (Å²) in [5.41, 5.74) is 1.13. The zero-order valence-corrected chi connectivity index (χ0v) is 12.3. The molecule has 0 aliphatic heterocycles. The van der Waals surface area contributed by atoms with Crippen molar-refractivity contribution in [1.29, 1.82) is 5.26 Å². The van der Waals surface area contributed by atoms with E-state index < -0.39 is 0 Å². The number of hydrogen-bond acceptors (Lipinski definition) is 3. The molecule has 2 N–H and O–H groups in total. The average Bonchev–Trinajstić information content (AvgIpc) is 2.44. The van der Waals surface area contributed by atoms with Crippen molar-refractivity contribution in [1.82, 2.24) is 10.6 Å². The fraction of sp³-hybridized carbons (Fsp3) is 0.500. The molecule has 0 heterocycles. The molecule has 0 radical (unpaired) electrons. The zero-order valence-electron chi connectivity index (χ0n) is 12.3. The number of benzene rings is 1. The number of nitriles is 1. The predicted octanol–water partition coefficient (Wildman–Crippen LogP) is 2.22. The van der Waals surface area contributed by atoms with E-state index in [9.17, 15) is 4.79 Å². The number of nitrogens with zero attached hydrogens (tertiary/aromatic N) is 1. The van der Waals surface area contributed by atoms with Crippen LogP contribution in [0.3, 0.4) is 0 Å². The minimum atomic E-state index is -0.00932. The highest BCUT2D eigenvalue weighted by molar-refractivity contribution is 5.77. The molecular weight excluding hydrogens is 250 g/mol. The Balaban J connectivity index is 2.19. The normalized spacial score (nSPS) is 10.8. The summed E-state index contributed by atoms with van der Waals surface area (Å²) in [4.78, 5) is 11.7. The van der Waals surface area contributed by atoms with Gasteiger partial charge in [-0.15, -0.1) is 0 Å². The molecule has 0 saturated carbocycles. The van der Waals surface area contributed by atoms with Gasteiger partial charge in [0.2, 0.25) is 5.91 Å². The number of hydrogen-bond donors (Lipinski definition) is 2. The summed E-state index contributed by atoms with van der Waals surface area (Å²) >= 11 is 0. The van der Waals surface area contributed by atoms with Crippen molar-refractivity contribution in [2.75, 3.05) is 13.1 Å². The summed E-state index contributed by atoms with van der Waals surface area (Å²) < 4.78 is 0. The largest absolute Gasteiger partial charge is 0.351 e. The van der Waals surface area contributed by atoms with Gasteiger partial charge in [0.05, 0.1) is 12.6 Å². The van der Waals surface area contributed by atoms with Crippen LogP contribution in [0.15, 0.2) is 30.3 Å². The van der Waals surface area contributed by atoms with Crippen LogP contribution >= 0.6 is 0 Å². The van der Waals surface area contributed by atoms with E-state index in [2.05, 4.69) is 30.6 Å². The van der Waals surface area contributed by atoms with E-state index in [1.165, 1.54) is 0 Å². The van der Waals surface area contributed by atoms with E-state index in [1.54, 1.807) is 0 Å². The van der Waals surface area contributed by atoms with Crippen LogP contribution in [-0.4, -0.2) is 19.0 Å². The van der Waals surface area contributed by atoms with Crippen LogP contribution in [0.2, 0.25) is 0 Å². The van der Waals surface area contributed by atoms with Crippen molar-refractivity contribution in [3.8, 4) is 6.07 Å². The maximum Gasteiger partial charge on any atom is 0.234 e. The Morgan fingerprint density at radius 3 is 2.65 bits per heavy atom. The monoisotopic (exact) mass is 273 g/mol. The smallest absolute Gasteiger partial charge is 0.234 e. The van der Waals surface area contributed by atoms with Crippen molar-refractivity contribution in [2.45, 2.75) is 33.2 Å². The average molecular weight is 273 g/mol. The maximum atomic E-state index is 11.7. The van der Waals surface area contributed by atoms with Crippen LogP contribution < -0.4 is 10.6 Å². The molecule has 0 fully saturated rings. The Hall–Kier alpha value is -1.86. The van der Waals surface area contributed by atoms with E-state index in [4.69, 9.17) is 5.26 Å². The van der Waals surface area contributed by atoms with Gasteiger partial charge < -0.3 is 10.6 Å². The van der Waals surface area contributed by atoms with Crippen LogP contribution in [0.5, 0.6) is 0 Å². The molecule has 0 spiro atoms. The molecule has 1 rings (SSSR count). The lowest BCUT2D eigenvalue weighted by Gasteiger charge is -2.23. The first-order chi connectivity index (χ1) is 9.53. The Kier molecular flexibility index (Phi) is 6.75. The van der Waals surface area contributed by atoms with Crippen LogP contribution in [0.25, 0.3) is 0 Å². The predicted molar refractivity (Wildman–Crippen MR) is 79.8 cm³/mol. The topological polar surface area (TPSA) is 64.9 Å². The van der Waals surface area contributed by atoms with Gasteiger partial charge in [-0.25, -0.2) is 0 Å². The van der Waals surface area contributed by atoms with Gasteiger partial charge in [-0.3, -0.25) is 4.79 Å². The molecule has 1 aromatic carbocycles. The highest BCUT2D eigenvalue weighted by Gasteiger charge is 2.17. The van der Waals surface area contributed by atoms with Gasteiger partial charge in [0.1, 0.15) is 0 Å². The van der Waals surface area contributed by atoms with Gasteiger partial charge in [0.15, 0.2) is 0 Å². The van der Waals surface area contributed by atoms with Gasteiger partial charge in [0, 0.05) is 19.5 Å². The molecule has 0 aliphatic rings. The molecule has 1 aromatic rings. The molecule has 0 saturated heterocycles. The fourth-order valence-electron chi connectivity index (χ4n) is 1.86. The summed E-state index contributed by atoms with van der Waals surface area (Å²) in [7, 11) is 0. The first-order valence-electron chi connectivity index (χ1n) is 6.92. The number of nitrogens with one attached hydrogen (secondary N) is 2. The Morgan fingerprint density at radius 1 is 1.30 bits per heavy atom. The highest BCUT2D eigenvalue weighted by Crippen LogP contribution is 2.20. The minimum Gasteiger partial charge on any atom is -0.351 e. The lowest BCUT2D eigenvalue weighted by Crippen LogP contribution is -2.38. The van der Waals surface area contributed by atoms with Crippen molar-refractivity contribution in [3.05, 3.63) is 35.9 Å². The molecule has 108 valence electrons. The van der Waals surface area contributed by atoms with Gasteiger partial charge in [-0.05, 0) is 17.4 Å². The molecule has 1 amide bonds. The lowest BCUT2D eigenvalue weighted by atomic mass is 9.88. The third kappa shape index (κ3) is 6.91. The molecular formula is C16H23N3O. The number of amides is 1. The third-order valence-electron chi connectivity index (χ3n) is 3.14. The number of carbonyl (C=O) groups excluding carboxylic acids is 1. The minimum absolute atomic E-state index is 0.00932. The van der Waals surface area contributed by atoms with Crippen molar-refractivity contribution in [3.63, 3.8) is 0 Å². The van der Waals surface area contributed by atoms with Crippen molar-refractivity contribution in [2.24, 2.45) is 5.41 Å². The van der Waals surface area contributed by atoms with Crippen LogP contribution in [0, 0.1) is 16.7 Å². The van der Waals surface area contributed by atoms with Gasteiger partial charge in [-0.2, -0.15) is 5.26 Å². The Labute approximate surface area is 121 Å². The first-order valence-corrected chi connectivity index (χ1v) is 6.92. The highest BCUT2D eigenvalue weighted by atomic mass is 16.1. The molecule has 0 aliphatic carbocycles. The molecule has 0 bridgehead atoms. The van der Waals surface area contributed by atoms with Gasteiger partial charge in [0.25, 0.3) is 0 Å². The maximum absolute atomic E-state index is 11.7. The quantitative estimate of drug-likeness (QED) is 0.763. The number of rotatable bonds is 8. The summed E-state index contributed by atoms with van der Waals surface area (Å²) in [6, 6.07) is 12.0. The molecule has 0 unspecified atom stereocenters. The molecule has 0 atom stereocenters. The summed E-state index contributed by atoms with van der Waals surface area (Å²) in [5.74, 6) is -0.00932. The zero-order chi connectivity index (χ0) is 14.8. The molecule has 20 heavy (non-hydrogen) atoms. The van der Waals surface area contributed by atoms with Crippen LogP contribution in [0.1, 0.15) is 32.3 Å². The molecule has 4 heteroatoms. The van der Waals surface area contributed by atoms with E-state index in [-0.39, 0.29) is 11.3 Å². The van der Waals surface area contributed by atoms with E-state index in [0.29, 0.717) is 19.5 Å². The van der Waals surface area contributed by atoms with Gasteiger partial charge >= 0.3 is 0 Å². The van der Waals surface area contributed by atoms with E-state index in [0.717, 1.165) is 18.5 Å². The Morgan fingerprint density at radius 2 is 2.00 bits per heavy atom. The fourth-order valence-corrected chi connectivity index (χ4v) is 1.86. The van der Waals surface area contributed by atoms with E-state index >= 15 is 0 Å². The van der Waals surface area contributed by atoms with Crippen LogP contribution in [-0.2, 0) is 11.3 Å². The summed E-state index contributed by atoms with van der Waals surface area (Å²) in [6.07, 6.45) is 1.39. The van der Waals surface area contributed by atoms with Gasteiger partial charge in [-0.1, -0.05) is 44.2 Å². The third-order valence-corrected chi connectivity index (χ3v) is 3.14. The molecule has 0 aromatic heterocycles. The first kappa shape index (κ1) is 16.2. The second-order valence-electron chi connectivity index (χ2n) is 5.69. The standard InChI is InChI=1S/C16H23N3O/c1-16(2,9-6-10-17)13-18-12-15(20)19-11-14-7-4-3-5-8-14/h3-5,7-8,18H,6,9,11-13H2,1-2H3,(H,19,20). The van der Waals surface area contributed by atoms with Crippen LogP contribution in [0.4, 0.5) is 0 Å². The second kappa shape index (κ2) is 8.34.